The minimum atomic E-state index is -0.380. The summed E-state index contributed by atoms with van der Waals surface area (Å²) in [5.74, 6) is -0.389. The average Bonchev–Trinajstić information content (AvgIpc) is 3.12. The molecular weight excluding hydrogens is 403 g/mol. The van der Waals surface area contributed by atoms with Gasteiger partial charge in [-0.25, -0.2) is 4.39 Å². The molecule has 0 bridgehead atoms. The fourth-order valence-electron chi connectivity index (χ4n) is 4.24. The van der Waals surface area contributed by atoms with E-state index in [1.165, 1.54) is 24.3 Å². The van der Waals surface area contributed by atoms with E-state index in [0.717, 1.165) is 27.7 Å². The number of phenols is 1. The third-order valence-electron chi connectivity index (χ3n) is 5.65. The summed E-state index contributed by atoms with van der Waals surface area (Å²) in [5, 5.41) is 11.4. The number of nitrogens with one attached hydrogen (secondary N) is 1. The number of carbonyl (C=O) groups is 1. The van der Waals surface area contributed by atoms with Crippen LogP contribution >= 0.6 is 11.6 Å². The number of carbonyl (C=O) groups excluding carboxylic acids is 1. The lowest BCUT2D eigenvalue weighted by Gasteiger charge is -2.36. The zero-order valence-electron chi connectivity index (χ0n) is 15.9. The van der Waals surface area contributed by atoms with Gasteiger partial charge in [0.1, 0.15) is 11.6 Å². The number of H-pyrrole nitrogens is 1. The zero-order valence-corrected chi connectivity index (χ0v) is 16.7. The first-order chi connectivity index (χ1) is 14.5. The van der Waals surface area contributed by atoms with E-state index >= 15 is 0 Å². The Kier molecular flexibility index (Phi) is 4.48. The smallest absolute Gasteiger partial charge is 0.254 e. The molecule has 0 spiro atoms. The molecule has 1 unspecified atom stereocenters. The summed E-state index contributed by atoms with van der Waals surface area (Å²) in [5.41, 5.74) is 4.34. The number of benzene rings is 3. The van der Waals surface area contributed by atoms with Crippen molar-refractivity contribution in [2.75, 3.05) is 6.54 Å². The number of aromatic amines is 1. The zero-order chi connectivity index (χ0) is 20.8. The number of aromatic hydroxyl groups is 1. The van der Waals surface area contributed by atoms with Crippen molar-refractivity contribution < 1.29 is 14.3 Å². The third kappa shape index (κ3) is 3.12. The molecule has 0 aliphatic carbocycles. The minimum Gasteiger partial charge on any atom is -0.508 e. The molecule has 1 aliphatic rings. The maximum atomic E-state index is 13.4. The SMILES string of the molecule is O=C(c1ccc(F)cc1)N1CCc2c([nH]c3ccc(Cl)cc23)C1c1ccc(O)cc1. The Morgan fingerprint density at radius 2 is 1.80 bits per heavy atom. The molecule has 1 aromatic heterocycles. The number of phenolic OH excluding ortho intramolecular Hbond substituents is 1. The first-order valence-corrected chi connectivity index (χ1v) is 10.0. The predicted molar refractivity (Wildman–Crippen MR) is 114 cm³/mol. The molecule has 1 amide bonds. The fourth-order valence-corrected chi connectivity index (χ4v) is 4.41. The van der Waals surface area contributed by atoms with Crippen molar-refractivity contribution >= 4 is 28.4 Å². The highest BCUT2D eigenvalue weighted by Gasteiger charge is 2.35. The molecule has 4 nitrogen and oxygen atoms in total. The van der Waals surface area contributed by atoms with Gasteiger partial charge in [-0.05, 0) is 72.1 Å². The van der Waals surface area contributed by atoms with Crippen LogP contribution in [0.4, 0.5) is 4.39 Å². The molecule has 0 saturated heterocycles. The molecule has 5 rings (SSSR count). The molecule has 0 fully saturated rings. The van der Waals surface area contributed by atoms with E-state index in [4.69, 9.17) is 11.6 Å². The van der Waals surface area contributed by atoms with Crippen molar-refractivity contribution in [2.24, 2.45) is 0 Å². The van der Waals surface area contributed by atoms with Crippen LogP contribution < -0.4 is 0 Å². The van der Waals surface area contributed by atoms with Crippen LogP contribution in [0.2, 0.25) is 5.02 Å². The van der Waals surface area contributed by atoms with Crippen molar-refractivity contribution in [3.63, 3.8) is 0 Å². The van der Waals surface area contributed by atoms with Gasteiger partial charge in [0.25, 0.3) is 5.91 Å². The maximum absolute atomic E-state index is 13.4. The lowest BCUT2D eigenvalue weighted by molar-refractivity contribution is 0.0692. The van der Waals surface area contributed by atoms with Crippen LogP contribution in [0.1, 0.15) is 33.2 Å². The van der Waals surface area contributed by atoms with E-state index in [9.17, 15) is 14.3 Å². The van der Waals surface area contributed by atoms with Gasteiger partial charge in [0.05, 0.1) is 6.04 Å². The second-order valence-electron chi connectivity index (χ2n) is 7.46. The Bertz CT molecular complexity index is 1250. The molecule has 6 heteroatoms. The Labute approximate surface area is 177 Å². The molecule has 1 atom stereocenters. The fraction of sp³-hybridized carbons (Fsp3) is 0.125. The van der Waals surface area contributed by atoms with E-state index in [1.807, 2.05) is 30.3 Å². The number of halogens is 2. The topological polar surface area (TPSA) is 56.3 Å². The van der Waals surface area contributed by atoms with Gasteiger partial charge < -0.3 is 15.0 Å². The Hall–Kier alpha value is -3.31. The van der Waals surface area contributed by atoms with Crippen LogP contribution in [-0.4, -0.2) is 27.4 Å². The summed E-state index contributed by atoms with van der Waals surface area (Å²) in [6.07, 6.45) is 0.678. The molecule has 1 aliphatic heterocycles. The maximum Gasteiger partial charge on any atom is 0.254 e. The number of nitrogens with zero attached hydrogens (tertiary/aromatic N) is 1. The number of fused-ring (bicyclic) bond motifs is 3. The van der Waals surface area contributed by atoms with Crippen LogP contribution in [0.5, 0.6) is 5.75 Å². The van der Waals surface area contributed by atoms with Gasteiger partial charge in [0.15, 0.2) is 0 Å². The standard InChI is InChI=1S/C24H18ClFN2O2/c25-16-5-10-21-20(13-16)19-11-12-28(24(30)15-1-6-17(26)7-2-15)23(22(19)27-21)14-3-8-18(29)9-4-14/h1-10,13,23,27,29H,11-12H2. The monoisotopic (exact) mass is 420 g/mol. The summed E-state index contributed by atoms with van der Waals surface area (Å²) in [6, 6.07) is 17.8. The van der Waals surface area contributed by atoms with Crippen LogP contribution in [-0.2, 0) is 6.42 Å². The molecule has 3 aromatic carbocycles. The van der Waals surface area contributed by atoms with E-state index < -0.39 is 0 Å². The van der Waals surface area contributed by atoms with Gasteiger partial charge >= 0.3 is 0 Å². The third-order valence-corrected chi connectivity index (χ3v) is 5.88. The van der Waals surface area contributed by atoms with Crippen LogP contribution in [0.15, 0.2) is 66.7 Å². The van der Waals surface area contributed by atoms with Gasteiger partial charge in [0.2, 0.25) is 0 Å². The molecule has 4 aromatic rings. The number of hydrogen-bond donors (Lipinski definition) is 2. The van der Waals surface area contributed by atoms with Crippen molar-refractivity contribution in [3.8, 4) is 5.75 Å². The first kappa shape index (κ1) is 18.7. The van der Waals surface area contributed by atoms with Crippen molar-refractivity contribution in [3.05, 3.63) is 100.0 Å². The summed E-state index contributed by atoms with van der Waals surface area (Å²) in [4.78, 5) is 18.6. The quantitative estimate of drug-likeness (QED) is 0.452. The number of aromatic nitrogens is 1. The van der Waals surface area contributed by atoms with Crippen LogP contribution in [0.3, 0.4) is 0 Å². The number of rotatable bonds is 2. The number of amides is 1. The largest absolute Gasteiger partial charge is 0.508 e. The molecule has 0 saturated carbocycles. The lowest BCUT2D eigenvalue weighted by Crippen LogP contribution is -2.40. The van der Waals surface area contributed by atoms with Gasteiger partial charge in [-0.3, -0.25) is 4.79 Å². The number of hydrogen-bond acceptors (Lipinski definition) is 2. The molecule has 30 heavy (non-hydrogen) atoms. The van der Waals surface area contributed by atoms with Crippen molar-refractivity contribution in [2.45, 2.75) is 12.5 Å². The summed E-state index contributed by atoms with van der Waals surface area (Å²) in [7, 11) is 0. The Morgan fingerprint density at radius 3 is 2.53 bits per heavy atom. The minimum absolute atomic E-state index is 0.162. The summed E-state index contributed by atoms with van der Waals surface area (Å²) < 4.78 is 13.4. The second-order valence-corrected chi connectivity index (χ2v) is 7.89. The van der Waals surface area contributed by atoms with Crippen molar-refractivity contribution in [1.82, 2.24) is 9.88 Å². The van der Waals surface area contributed by atoms with Gasteiger partial charge in [-0.15, -0.1) is 0 Å². The van der Waals surface area contributed by atoms with E-state index in [-0.39, 0.29) is 23.5 Å². The molecule has 150 valence electrons. The highest BCUT2D eigenvalue weighted by molar-refractivity contribution is 6.31. The summed E-state index contributed by atoms with van der Waals surface area (Å²) in [6.45, 7) is 0.508. The van der Waals surface area contributed by atoms with Crippen LogP contribution in [0.25, 0.3) is 10.9 Å². The molecule has 2 heterocycles. The van der Waals surface area contributed by atoms with E-state index in [2.05, 4.69) is 4.98 Å². The normalized spacial score (nSPS) is 15.9. The highest BCUT2D eigenvalue weighted by Crippen LogP contribution is 2.40. The molecule has 0 radical (unpaired) electrons. The van der Waals surface area contributed by atoms with Gasteiger partial charge in [-0.2, -0.15) is 0 Å². The van der Waals surface area contributed by atoms with E-state index in [0.29, 0.717) is 23.6 Å². The molecule has 2 N–H and O–H groups in total. The van der Waals surface area contributed by atoms with Gasteiger partial charge in [-0.1, -0.05) is 23.7 Å². The highest BCUT2D eigenvalue weighted by atomic mass is 35.5. The van der Waals surface area contributed by atoms with Crippen molar-refractivity contribution in [1.29, 1.82) is 0 Å². The predicted octanol–water partition coefficient (Wildman–Crippen LogP) is 5.45. The average molecular weight is 421 g/mol. The Balaban J connectivity index is 1.66. The van der Waals surface area contributed by atoms with Gasteiger partial charge in [0, 0.05) is 33.7 Å². The first-order valence-electron chi connectivity index (χ1n) is 9.67. The van der Waals surface area contributed by atoms with Crippen LogP contribution in [0, 0.1) is 5.82 Å². The molecular formula is C24H18ClFN2O2. The lowest BCUT2D eigenvalue weighted by atomic mass is 9.91. The summed E-state index contributed by atoms with van der Waals surface area (Å²) >= 11 is 6.22. The Morgan fingerprint density at radius 1 is 1.07 bits per heavy atom. The van der Waals surface area contributed by atoms with E-state index in [1.54, 1.807) is 17.0 Å². The second kappa shape index (κ2) is 7.18.